The number of fused-ring (bicyclic) bond motifs is 2. The van der Waals surface area contributed by atoms with Crippen LogP contribution >= 0.6 is 11.3 Å². The molecule has 1 heterocycles. The van der Waals surface area contributed by atoms with Gasteiger partial charge in [0.1, 0.15) is 35.4 Å². The summed E-state index contributed by atoms with van der Waals surface area (Å²) in [7, 11) is -14.7. The summed E-state index contributed by atoms with van der Waals surface area (Å²) in [6, 6.07) is 23.3. The third kappa shape index (κ3) is 12.1. The SMILES string of the molecule is Cc1ccc2nc(-c3ccc(N=Nc4ccc(N=Nc5c(S(=O)(=O)[O-])cc6ccc(Nc7cccc(S(=O)(=O)[O-])c7)cc6c5[O-])c([O-])c4)cc3)sc2c1S(=O)(=O)[O-].[Cu+2].[Na+].[Na+].[Na+]. The van der Waals surface area contributed by atoms with Crippen LogP contribution in [0.4, 0.5) is 34.1 Å². The second-order valence-electron chi connectivity index (χ2n) is 12.2. The summed E-state index contributed by atoms with van der Waals surface area (Å²) in [6.45, 7) is 1.53. The van der Waals surface area contributed by atoms with Crippen molar-refractivity contribution in [2.24, 2.45) is 20.5 Å². The average molecular weight is 974 g/mol. The number of benzene rings is 6. The van der Waals surface area contributed by atoms with Gasteiger partial charge in [0.05, 0.1) is 47.7 Å². The summed E-state index contributed by atoms with van der Waals surface area (Å²) in [5.41, 5.74) is 1.05. The number of azo groups is 2. The fraction of sp³-hybridized carbons (Fsp3) is 0.0278. The number of anilines is 2. The minimum Gasteiger partial charge on any atom is -0.871 e. The Balaban J connectivity index is 0.00000248. The normalized spacial score (nSPS) is 11.8. The molecule has 7 rings (SSSR count). The minimum atomic E-state index is -5.26. The molecule has 299 valence electrons. The quantitative estimate of drug-likeness (QED) is 0.0872. The Morgan fingerprint density at radius 3 is 1.95 bits per heavy atom. The van der Waals surface area contributed by atoms with Crippen LogP contribution < -0.4 is 104 Å². The Kier molecular flexibility index (Phi) is 18.0. The molecule has 61 heavy (non-hydrogen) atoms. The van der Waals surface area contributed by atoms with Crippen LogP contribution in [0.3, 0.4) is 0 Å². The molecule has 0 spiro atoms. The molecular weight excluding hydrogens is 953 g/mol. The zero-order valence-electron chi connectivity index (χ0n) is 32.0. The first-order valence-corrected chi connectivity index (χ1v) is 21.1. The monoisotopic (exact) mass is 973 g/mol. The summed E-state index contributed by atoms with van der Waals surface area (Å²) in [4.78, 5) is 2.68. The van der Waals surface area contributed by atoms with Gasteiger partial charge in [-0.25, -0.2) is 30.2 Å². The van der Waals surface area contributed by atoms with Crippen LogP contribution in [0.2, 0.25) is 0 Å². The van der Waals surface area contributed by atoms with Crippen molar-refractivity contribution in [1.29, 1.82) is 0 Å². The van der Waals surface area contributed by atoms with Gasteiger partial charge in [0.25, 0.3) is 0 Å². The van der Waals surface area contributed by atoms with E-state index in [0.717, 1.165) is 35.6 Å². The first-order chi connectivity index (χ1) is 26.8. The van der Waals surface area contributed by atoms with Crippen molar-refractivity contribution in [2.45, 2.75) is 21.6 Å². The second kappa shape index (κ2) is 20.9. The molecule has 25 heteroatoms. The summed E-state index contributed by atoms with van der Waals surface area (Å²) in [6.07, 6.45) is 0. The molecule has 1 N–H and O–H groups in total. The summed E-state index contributed by atoms with van der Waals surface area (Å²) in [5, 5.41) is 45.3. The standard InChI is InChI=1S/C36H26N6O11S4.Cu.3Na/c1-19-5-13-29-34(35(19)57(51,52)53)54-36(38-29)20-6-9-22(10-7-20)39-40-25-12-14-28(30(43)18-25)41-42-32-31(56(48,49)50)15-21-8-11-24(17-27(21)33(32)44)37-23-3-2-4-26(16-23)55(45,46)47;;;;/h2-18,37,43-44H,1H3,(H,45,46,47)(H,48,49,50)(H,51,52,53);;;;/q;+2;3*+1/p-5. The third-order valence-corrected chi connectivity index (χ3v) is 12.2. The smallest absolute Gasteiger partial charge is 0.871 e. The molecule has 0 amide bonds. The maximum absolute atomic E-state index is 13.5. The zero-order chi connectivity index (χ0) is 40.9. The predicted octanol–water partition coefficient (Wildman–Crippen LogP) is -2.13. The molecule has 0 aliphatic carbocycles. The van der Waals surface area contributed by atoms with Crippen LogP contribution in [0.25, 0.3) is 31.6 Å². The molecule has 0 saturated heterocycles. The molecule has 0 atom stereocenters. The van der Waals surface area contributed by atoms with E-state index in [9.17, 15) is 49.1 Å². The average Bonchev–Trinajstić information content (AvgIpc) is 3.57. The van der Waals surface area contributed by atoms with E-state index in [1.807, 2.05) is 0 Å². The van der Waals surface area contributed by atoms with E-state index in [1.54, 1.807) is 30.3 Å². The van der Waals surface area contributed by atoms with Gasteiger partial charge in [-0.15, -0.1) is 16.5 Å². The van der Waals surface area contributed by atoms with E-state index in [-0.39, 0.29) is 149 Å². The molecular formula is C36H21CuN6Na3O11S4. The summed E-state index contributed by atoms with van der Waals surface area (Å²) < 4.78 is 107. The first-order valence-electron chi connectivity index (χ1n) is 16.0. The Morgan fingerprint density at radius 1 is 0.656 bits per heavy atom. The van der Waals surface area contributed by atoms with Gasteiger partial charge in [-0.05, 0) is 108 Å². The van der Waals surface area contributed by atoms with Gasteiger partial charge in [0.2, 0.25) is 0 Å². The van der Waals surface area contributed by atoms with E-state index >= 15 is 0 Å². The van der Waals surface area contributed by atoms with Gasteiger partial charge < -0.3 is 29.2 Å². The van der Waals surface area contributed by atoms with Crippen LogP contribution in [-0.4, -0.2) is 43.9 Å². The van der Waals surface area contributed by atoms with Gasteiger partial charge in [-0.3, -0.25) is 0 Å². The number of aromatic nitrogens is 1. The predicted molar refractivity (Wildman–Crippen MR) is 201 cm³/mol. The van der Waals surface area contributed by atoms with E-state index in [1.165, 1.54) is 55.5 Å². The summed E-state index contributed by atoms with van der Waals surface area (Å²) >= 11 is 1.06. The maximum atomic E-state index is 13.5. The first kappa shape index (κ1) is 52.7. The van der Waals surface area contributed by atoms with Crippen LogP contribution in [0.5, 0.6) is 11.5 Å². The molecule has 0 unspecified atom stereocenters. The van der Waals surface area contributed by atoms with Crippen molar-refractivity contribution < 1.29 is 155 Å². The number of aryl methyl sites for hydroxylation is 1. The van der Waals surface area contributed by atoms with Crippen LogP contribution in [-0.2, 0) is 47.4 Å². The maximum Gasteiger partial charge on any atom is 2.00 e. The molecule has 0 aliphatic heterocycles. The van der Waals surface area contributed by atoms with Crippen molar-refractivity contribution in [3.63, 3.8) is 0 Å². The van der Waals surface area contributed by atoms with Crippen molar-refractivity contribution in [1.82, 2.24) is 4.98 Å². The van der Waals surface area contributed by atoms with Crippen LogP contribution in [0.15, 0.2) is 138 Å². The van der Waals surface area contributed by atoms with Crippen molar-refractivity contribution in [3.05, 3.63) is 109 Å². The van der Waals surface area contributed by atoms with Crippen LogP contribution in [0.1, 0.15) is 5.56 Å². The Bertz CT molecular complexity index is 3190. The van der Waals surface area contributed by atoms with E-state index < -0.39 is 57.3 Å². The zero-order valence-corrected chi connectivity index (χ0v) is 42.2. The number of hydrogen-bond acceptors (Lipinski definition) is 18. The Hall–Kier alpha value is -2.68. The van der Waals surface area contributed by atoms with E-state index in [4.69, 9.17) is 0 Å². The van der Waals surface area contributed by atoms with Crippen molar-refractivity contribution >= 4 is 96.8 Å². The van der Waals surface area contributed by atoms with Crippen molar-refractivity contribution in [2.75, 3.05) is 5.32 Å². The molecule has 0 fully saturated rings. The molecule has 0 bridgehead atoms. The van der Waals surface area contributed by atoms with E-state index in [0.29, 0.717) is 27.3 Å². The number of rotatable bonds is 10. The molecule has 6 aromatic carbocycles. The Morgan fingerprint density at radius 2 is 1.31 bits per heavy atom. The molecule has 0 aliphatic rings. The molecule has 7 aromatic rings. The van der Waals surface area contributed by atoms with Gasteiger partial charge >= 0.3 is 106 Å². The number of hydrogen-bond donors (Lipinski definition) is 1. The molecule has 17 nitrogen and oxygen atoms in total. The van der Waals surface area contributed by atoms with Gasteiger partial charge in [-0.1, -0.05) is 29.7 Å². The molecule has 0 saturated carbocycles. The Labute approximate surface area is 429 Å². The fourth-order valence-electron chi connectivity index (χ4n) is 5.62. The minimum absolute atomic E-state index is 0. The third-order valence-electron chi connectivity index (χ3n) is 8.27. The van der Waals surface area contributed by atoms with Crippen molar-refractivity contribution in [3.8, 4) is 22.1 Å². The topological polar surface area (TPSA) is 292 Å². The number of thiazole rings is 1. The molecule has 1 aromatic heterocycles. The van der Waals surface area contributed by atoms with Gasteiger partial charge in [0, 0.05) is 16.9 Å². The van der Waals surface area contributed by atoms with Gasteiger partial charge in [-0.2, -0.15) is 15.3 Å². The fourth-order valence-corrected chi connectivity index (χ4v) is 9.07. The number of nitrogens with one attached hydrogen (secondary N) is 1. The second-order valence-corrected chi connectivity index (χ2v) is 17.2. The largest absolute Gasteiger partial charge is 2.00 e. The van der Waals surface area contributed by atoms with E-state index in [2.05, 4.69) is 30.8 Å². The summed E-state index contributed by atoms with van der Waals surface area (Å²) in [5.74, 6) is -1.74. The molecule has 1 radical (unpaired) electrons. The van der Waals surface area contributed by atoms with Gasteiger partial charge in [0.15, 0.2) is 0 Å². The van der Waals surface area contributed by atoms with Crippen LogP contribution in [0, 0.1) is 6.92 Å². The number of nitrogens with zero attached hydrogens (tertiary/aromatic N) is 5.